The fourth-order valence-corrected chi connectivity index (χ4v) is 4.72. The lowest BCUT2D eigenvalue weighted by molar-refractivity contribution is 0.0914. The van der Waals surface area contributed by atoms with Crippen LogP contribution in [0.2, 0.25) is 0 Å². The average Bonchev–Trinajstić information content (AvgIpc) is 3.26. The summed E-state index contributed by atoms with van der Waals surface area (Å²) in [5.41, 5.74) is 1.16. The number of carbonyl (C=O) groups is 1. The molecule has 0 aliphatic heterocycles. The molecule has 4 rings (SSSR count). The van der Waals surface area contributed by atoms with Crippen LogP contribution in [0.15, 0.2) is 53.5 Å². The third-order valence-corrected chi connectivity index (χ3v) is 6.00. The largest absolute Gasteiger partial charge is 0.349 e. The first kappa shape index (κ1) is 16.1. The van der Waals surface area contributed by atoms with Gasteiger partial charge in [0, 0.05) is 24.0 Å². The smallest absolute Gasteiger partial charge is 0.255 e. The normalized spacial score (nSPS) is 25.7. The molecule has 1 aromatic heterocycles. The Morgan fingerprint density at radius 2 is 1.92 bits per heavy atom. The zero-order valence-electron chi connectivity index (χ0n) is 14.5. The number of carbonyl (C=O) groups excluding carboxylic acids is 1. The van der Waals surface area contributed by atoms with Gasteiger partial charge in [-0.3, -0.25) is 14.2 Å². The number of hydrogen-bond acceptors (Lipinski definition) is 2. The molecule has 1 amide bonds. The van der Waals surface area contributed by atoms with Gasteiger partial charge in [-0.15, -0.1) is 0 Å². The first-order chi connectivity index (χ1) is 12.1. The lowest BCUT2D eigenvalue weighted by Gasteiger charge is -2.28. The highest BCUT2D eigenvalue weighted by Crippen LogP contribution is 2.49. The quantitative estimate of drug-likeness (QED) is 0.930. The maximum atomic E-state index is 12.7. The molecular weight excluding hydrogens is 312 g/mol. The molecular formula is C21H24N2O2. The van der Waals surface area contributed by atoms with Crippen molar-refractivity contribution in [1.82, 2.24) is 9.88 Å². The predicted octanol–water partition coefficient (Wildman–Crippen LogP) is 3.39. The van der Waals surface area contributed by atoms with Crippen molar-refractivity contribution >= 4 is 5.91 Å². The zero-order valence-corrected chi connectivity index (χ0v) is 14.5. The van der Waals surface area contributed by atoms with Crippen molar-refractivity contribution in [3.05, 3.63) is 64.6 Å². The zero-order chi connectivity index (χ0) is 17.4. The molecule has 1 N–H and O–H groups in total. The highest BCUT2D eigenvalue weighted by molar-refractivity contribution is 5.94. The fraction of sp³-hybridized carbons (Fsp3) is 0.429. The predicted molar refractivity (Wildman–Crippen MR) is 97.9 cm³/mol. The van der Waals surface area contributed by atoms with Crippen LogP contribution in [0.25, 0.3) is 5.69 Å². The SMILES string of the molecule is CC(NC(=O)c1ccc(=O)n(-c2ccccc2)c1)C1CC2CCC1C2. The van der Waals surface area contributed by atoms with Crippen molar-refractivity contribution in [2.75, 3.05) is 0 Å². The van der Waals surface area contributed by atoms with E-state index in [1.807, 2.05) is 30.3 Å². The molecule has 4 heteroatoms. The maximum Gasteiger partial charge on any atom is 0.255 e. The molecule has 4 unspecified atom stereocenters. The first-order valence-corrected chi connectivity index (χ1v) is 9.21. The number of amides is 1. The summed E-state index contributed by atoms with van der Waals surface area (Å²) in [6.07, 6.45) is 6.90. The summed E-state index contributed by atoms with van der Waals surface area (Å²) in [5.74, 6) is 2.15. The van der Waals surface area contributed by atoms with Gasteiger partial charge < -0.3 is 5.32 Å². The summed E-state index contributed by atoms with van der Waals surface area (Å²) in [6.45, 7) is 2.12. The number of benzene rings is 1. The number of pyridine rings is 1. The van der Waals surface area contributed by atoms with E-state index >= 15 is 0 Å². The van der Waals surface area contributed by atoms with E-state index in [-0.39, 0.29) is 17.5 Å². The second-order valence-electron chi connectivity index (χ2n) is 7.56. The molecule has 2 aliphatic carbocycles. The van der Waals surface area contributed by atoms with Gasteiger partial charge in [-0.05, 0) is 62.1 Å². The maximum absolute atomic E-state index is 12.7. The number of hydrogen-bond donors (Lipinski definition) is 1. The highest BCUT2D eigenvalue weighted by Gasteiger charge is 2.42. The van der Waals surface area contributed by atoms with Gasteiger partial charge in [0.2, 0.25) is 0 Å². The van der Waals surface area contributed by atoms with Gasteiger partial charge in [0.05, 0.1) is 5.56 Å². The van der Waals surface area contributed by atoms with Gasteiger partial charge >= 0.3 is 0 Å². The van der Waals surface area contributed by atoms with Crippen molar-refractivity contribution in [3.8, 4) is 5.69 Å². The summed E-state index contributed by atoms with van der Waals surface area (Å²) >= 11 is 0. The lowest BCUT2D eigenvalue weighted by Crippen LogP contribution is -2.40. The molecule has 4 nitrogen and oxygen atoms in total. The van der Waals surface area contributed by atoms with E-state index in [0.29, 0.717) is 11.5 Å². The standard InChI is InChI=1S/C21H24N2O2/c1-14(19-12-15-7-8-16(19)11-15)22-21(25)17-9-10-20(24)23(13-17)18-5-3-2-4-6-18/h2-6,9-10,13-16,19H,7-8,11-12H2,1H3,(H,22,25). The van der Waals surface area contributed by atoms with Crippen LogP contribution < -0.4 is 10.9 Å². The minimum atomic E-state index is -0.135. The fourth-order valence-electron chi connectivity index (χ4n) is 4.72. The van der Waals surface area contributed by atoms with Gasteiger partial charge in [0.15, 0.2) is 0 Å². The number of aromatic nitrogens is 1. The molecule has 2 aliphatic rings. The molecule has 25 heavy (non-hydrogen) atoms. The Hall–Kier alpha value is -2.36. The van der Waals surface area contributed by atoms with Crippen LogP contribution in [0.1, 0.15) is 43.0 Å². The van der Waals surface area contributed by atoms with E-state index in [1.54, 1.807) is 12.3 Å². The molecule has 1 heterocycles. The summed E-state index contributed by atoms with van der Waals surface area (Å²) in [6, 6.07) is 12.6. The van der Waals surface area contributed by atoms with Gasteiger partial charge in [0.1, 0.15) is 0 Å². The number of para-hydroxylation sites is 1. The van der Waals surface area contributed by atoms with Crippen molar-refractivity contribution in [1.29, 1.82) is 0 Å². The molecule has 0 spiro atoms. The van der Waals surface area contributed by atoms with E-state index in [1.165, 1.54) is 36.3 Å². The van der Waals surface area contributed by atoms with Gasteiger partial charge in [0.25, 0.3) is 11.5 Å². The van der Waals surface area contributed by atoms with Crippen LogP contribution in [0.3, 0.4) is 0 Å². The molecule has 130 valence electrons. The summed E-state index contributed by atoms with van der Waals surface area (Å²) in [7, 11) is 0. The van der Waals surface area contributed by atoms with E-state index in [9.17, 15) is 9.59 Å². The van der Waals surface area contributed by atoms with Gasteiger partial charge in [-0.25, -0.2) is 0 Å². The number of fused-ring (bicyclic) bond motifs is 2. The van der Waals surface area contributed by atoms with Crippen LogP contribution in [-0.2, 0) is 0 Å². The van der Waals surface area contributed by atoms with Crippen LogP contribution in [0, 0.1) is 17.8 Å². The average molecular weight is 336 g/mol. The summed E-state index contributed by atoms with van der Waals surface area (Å²) in [4.78, 5) is 24.8. The lowest BCUT2D eigenvalue weighted by atomic mass is 9.84. The van der Waals surface area contributed by atoms with E-state index < -0.39 is 0 Å². The molecule has 2 fully saturated rings. The summed E-state index contributed by atoms with van der Waals surface area (Å²) in [5, 5.41) is 3.17. The van der Waals surface area contributed by atoms with Crippen LogP contribution in [0.5, 0.6) is 0 Å². The Labute approximate surface area is 147 Å². The van der Waals surface area contributed by atoms with Crippen molar-refractivity contribution < 1.29 is 4.79 Å². The second-order valence-corrected chi connectivity index (χ2v) is 7.56. The van der Waals surface area contributed by atoms with Crippen LogP contribution in [0.4, 0.5) is 0 Å². The second kappa shape index (κ2) is 6.51. The Kier molecular flexibility index (Phi) is 4.20. The molecule has 0 radical (unpaired) electrons. The number of nitrogens with one attached hydrogen (secondary N) is 1. The van der Waals surface area contributed by atoms with Gasteiger partial charge in [-0.1, -0.05) is 24.6 Å². The number of nitrogens with zero attached hydrogens (tertiary/aromatic N) is 1. The van der Waals surface area contributed by atoms with Crippen molar-refractivity contribution in [3.63, 3.8) is 0 Å². The first-order valence-electron chi connectivity index (χ1n) is 9.21. The van der Waals surface area contributed by atoms with Crippen molar-refractivity contribution in [2.24, 2.45) is 17.8 Å². The minimum Gasteiger partial charge on any atom is -0.349 e. The van der Waals surface area contributed by atoms with Gasteiger partial charge in [-0.2, -0.15) is 0 Å². The monoisotopic (exact) mass is 336 g/mol. The summed E-state index contributed by atoms with van der Waals surface area (Å²) < 4.78 is 1.52. The molecule has 1 aromatic carbocycles. The highest BCUT2D eigenvalue weighted by atomic mass is 16.2. The molecule has 2 bridgehead atoms. The third-order valence-electron chi connectivity index (χ3n) is 6.00. The van der Waals surface area contributed by atoms with Crippen LogP contribution >= 0.6 is 0 Å². The Morgan fingerprint density at radius 3 is 2.60 bits per heavy atom. The Balaban J connectivity index is 1.51. The van der Waals surface area contributed by atoms with Crippen molar-refractivity contribution in [2.45, 2.75) is 38.6 Å². The topological polar surface area (TPSA) is 51.1 Å². The molecule has 2 saturated carbocycles. The van der Waals surface area contributed by atoms with Crippen LogP contribution in [-0.4, -0.2) is 16.5 Å². The minimum absolute atomic E-state index is 0.0973. The third kappa shape index (κ3) is 3.13. The Morgan fingerprint density at radius 1 is 1.12 bits per heavy atom. The molecule has 0 saturated heterocycles. The van der Waals surface area contributed by atoms with E-state index in [2.05, 4.69) is 12.2 Å². The molecule has 4 atom stereocenters. The van der Waals surface area contributed by atoms with E-state index in [0.717, 1.165) is 17.5 Å². The van der Waals surface area contributed by atoms with E-state index in [4.69, 9.17) is 0 Å². The molecule has 2 aromatic rings. The Bertz CT molecular complexity index is 827. The number of rotatable bonds is 4.